The largest absolute Gasteiger partial charge is 0.481 e. The number of nitrogens with zero attached hydrogens (tertiary/aromatic N) is 1. The van der Waals surface area contributed by atoms with Gasteiger partial charge in [0.2, 0.25) is 0 Å². The van der Waals surface area contributed by atoms with Crippen LogP contribution in [0.1, 0.15) is 22.4 Å². The highest BCUT2D eigenvalue weighted by Crippen LogP contribution is 2.36. The maximum Gasteiger partial charge on any atom is 0.412 e. The summed E-state index contributed by atoms with van der Waals surface area (Å²) in [5.41, 5.74) is 6.79. The Labute approximate surface area is 212 Å². The third-order valence-electron chi connectivity index (χ3n) is 5.51. The molecule has 4 rings (SSSR count). The molecule has 35 heavy (non-hydrogen) atoms. The zero-order chi connectivity index (χ0) is 24.9. The zero-order valence-electron chi connectivity index (χ0n) is 19.2. The number of nitrogens with one attached hydrogen (secondary N) is 1. The van der Waals surface area contributed by atoms with Gasteiger partial charge in [-0.2, -0.15) is 4.37 Å². The summed E-state index contributed by atoms with van der Waals surface area (Å²) in [6, 6.07) is 20.9. The molecular weight excluding hydrogens is 484 g/mol. The number of hydrogen-bond acceptors (Lipinski definition) is 5. The maximum atomic E-state index is 12.5. The predicted molar refractivity (Wildman–Crippen MR) is 139 cm³/mol. The fourth-order valence-corrected chi connectivity index (χ4v) is 4.79. The van der Waals surface area contributed by atoms with Gasteiger partial charge in [-0.1, -0.05) is 72.3 Å². The molecule has 0 radical (unpaired) electrons. The summed E-state index contributed by atoms with van der Waals surface area (Å²) in [5.74, 6) is -0.849. The van der Waals surface area contributed by atoms with Crippen LogP contribution in [0.4, 0.5) is 10.5 Å². The number of ether oxygens (including phenoxy) is 1. The number of amides is 1. The van der Waals surface area contributed by atoms with Crippen LogP contribution in [0.25, 0.3) is 21.6 Å². The van der Waals surface area contributed by atoms with Gasteiger partial charge in [-0.15, -0.1) is 0 Å². The number of carbonyl (C=O) groups excluding carboxylic acids is 1. The Hall–Kier alpha value is -3.68. The highest BCUT2D eigenvalue weighted by atomic mass is 35.5. The molecule has 0 unspecified atom stereocenters. The van der Waals surface area contributed by atoms with Gasteiger partial charge in [0.1, 0.15) is 6.61 Å². The lowest BCUT2D eigenvalue weighted by atomic mass is 9.96. The van der Waals surface area contributed by atoms with E-state index in [1.165, 1.54) is 11.5 Å². The van der Waals surface area contributed by atoms with Gasteiger partial charge < -0.3 is 9.84 Å². The van der Waals surface area contributed by atoms with Crippen molar-refractivity contribution in [2.75, 3.05) is 5.32 Å². The highest BCUT2D eigenvalue weighted by Gasteiger charge is 2.17. The Morgan fingerprint density at radius 2 is 1.74 bits per heavy atom. The Kier molecular flexibility index (Phi) is 7.48. The van der Waals surface area contributed by atoms with E-state index in [1.807, 2.05) is 68.4 Å². The molecule has 4 aromatic rings. The van der Waals surface area contributed by atoms with E-state index in [-0.39, 0.29) is 13.0 Å². The van der Waals surface area contributed by atoms with Crippen LogP contribution in [0.15, 0.2) is 66.7 Å². The summed E-state index contributed by atoms with van der Waals surface area (Å²) in [6.45, 7) is 3.87. The molecule has 1 amide bonds. The molecule has 0 saturated carbocycles. The first kappa shape index (κ1) is 24.4. The van der Waals surface area contributed by atoms with Crippen molar-refractivity contribution in [3.05, 3.63) is 94.1 Å². The molecule has 0 bridgehead atoms. The monoisotopic (exact) mass is 506 g/mol. The van der Waals surface area contributed by atoms with E-state index in [2.05, 4.69) is 9.69 Å². The van der Waals surface area contributed by atoms with E-state index in [0.717, 1.165) is 38.3 Å². The number of aromatic nitrogens is 1. The van der Waals surface area contributed by atoms with Crippen molar-refractivity contribution >= 4 is 40.9 Å². The van der Waals surface area contributed by atoms with Crippen molar-refractivity contribution in [2.24, 2.45) is 0 Å². The number of anilines is 1. The molecular formula is C27H23ClN2O4S. The Morgan fingerprint density at radius 3 is 2.43 bits per heavy atom. The molecule has 3 aromatic carbocycles. The van der Waals surface area contributed by atoms with Crippen LogP contribution in [-0.4, -0.2) is 21.5 Å². The van der Waals surface area contributed by atoms with Crippen molar-refractivity contribution in [2.45, 2.75) is 26.9 Å². The smallest absolute Gasteiger partial charge is 0.412 e. The quantitative estimate of drug-likeness (QED) is 0.278. The number of halogens is 1. The Bertz CT molecular complexity index is 1380. The second-order valence-electron chi connectivity index (χ2n) is 8.06. The van der Waals surface area contributed by atoms with Crippen molar-refractivity contribution < 1.29 is 19.4 Å². The van der Waals surface area contributed by atoms with E-state index in [1.54, 1.807) is 12.1 Å². The van der Waals surface area contributed by atoms with Gasteiger partial charge in [-0.05, 0) is 59.3 Å². The number of aryl methyl sites for hydroxylation is 2. The molecule has 1 aromatic heterocycles. The van der Waals surface area contributed by atoms with E-state index in [4.69, 9.17) is 21.4 Å². The first-order valence-electron chi connectivity index (χ1n) is 10.9. The molecule has 6 nitrogen and oxygen atoms in total. The maximum absolute atomic E-state index is 12.5. The number of hydrogen-bond donors (Lipinski definition) is 2. The van der Waals surface area contributed by atoms with Crippen LogP contribution < -0.4 is 5.32 Å². The summed E-state index contributed by atoms with van der Waals surface area (Å²) >= 11 is 7.44. The molecule has 0 aliphatic heterocycles. The highest BCUT2D eigenvalue weighted by molar-refractivity contribution is 7.10. The first-order chi connectivity index (χ1) is 16.8. The van der Waals surface area contributed by atoms with E-state index >= 15 is 0 Å². The number of carbonyl (C=O) groups is 2. The van der Waals surface area contributed by atoms with Gasteiger partial charge in [0, 0.05) is 10.6 Å². The van der Waals surface area contributed by atoms with E-state index in [9.17, 15) is 9.59 Å². The molecule has 0 aliphatic rings. The van der Waals surface area contributed by atoms with Crippen molar-refractivity contribution in [3.8, 4) is 21.6 Å². The van der Waals surface area contributed by atoms with Crippen LogP contribution >= 0.6 is 23.1 Å². The van der Waals surface area contributed by atoms with E-state index in [0.29, 0.717) is 16.4 Å². The Morgan fingerprint density at radius 1 is 1.03 bits per heavy atom. The lowest BCUT2D eigenvalue weighted by Crippen LogP contribution is -2.14. The van der Waals surface area contributed by atoms with Gasteiger partial charge in [0.05, 0.1) is 22.7 Å². The molecule has 8 heteroatoms. The summed E-state index contributed by atoms with van der Waals surface area (Å²) in [4.78, 5) is 24.3. The molecule has 0 atom stereocenters. The van der Waals surface area contributed by atoms with Gasteiger partial charge in [-0.3, -0.25) is 10.1 Å². The second kappa shape index (κ2) is 10.7. The molecule has 0 fully saturated rings. The summed E-state index contributed by atoms with van der Waals surface area (Å²) in [5, 5.41) is 12.4. The van der Waals surface area contributed by atoms with Gasteiger partial charge >= 0.3 is 12.1 Å². The fraction of sp³-hybridized carbons (Fsp3) is 0.148. The van der Waals surface area contributed by atoms with Crippen LogP contribution in [0.3, 0.4) is 0 Å². The minimum Gasteiger partial charge on any atom is -0.481 e. The lowest BCUT2D eigenvalue weighted by Gasteiger charge is -2.11. The van der Waals surface area contributed by atoms with Gasteiger partial charge in [0.15, 0.2) is 0 Å². The molecule has 0 spiro atoms. The van der Waals surface area contributed by atoms with Crippen molar-refractivity contribution in [3.63, 3.8) is 0 Å². The average molecular weight is 507 g/mol. The zero-order valence-corrected chi connectivity index (χ0v) is 20.7. The Balaban J connectivity index is 1.49. The summed E-state index contributed by atoms with van der Waals surface area (Å²) in [7, 11) is 0. The number of aliphatic carboxylic acids is 1. The standard InChI is InChI=1S/C27H23ClN2O4S/c1-16-13-18(14-24(31)32)7-12-22(16)19-8-10-20(11-9-19)26-25(17(2)30-35-26)29-27(33)34-15-21-5-3-4-6-23(21)28/h3-13H,14-15H2,1-2H3,(H,29,33)(H,31,32). The average Bonchev–Trinajstić information content (AvgIpc) is 3.18. The molecule has 2 N–H and O–H groups in total. The van der Waals surface area contributed by atoms with Crippen molar-refractivity contribution in [1.29, 1.82) is 0 Å². The minimum atomic E-state index is -0.849. The van der Waals surface area contributed by atoms with E-state index < -0.39 is 12.1 Å². The van der Waals surface area contributed by atoms with Crippen LogP contribution in [0.2, 0.25) is 5.02 Å². The number of benzene rings is 3. The number of carboxylic acids is 1. The van der Waals surface area contributed by atoms with Gasteiger partial charge in [-0.25, -0.2) is 4.79 Å². The van der Waals surface area contributed by atoms with Crippen molar-refractivity contribution in [1.82, 2.24) is 4.37 Å². The third-order valence-corrected chi connectivity index (χ3v) is 6.87. The SMILES string of the molecule is Cc1cc(CC(=O)O)ccc1-c1ccc(-c2snc(C)c2NC(=O)OCc2ccccc2Cl)cc1. The van der Waals surface area contributed by atoms with Gasteiger partial charge in [0.25, 0.3) is 0 Å². The summed E-state index contributed by atoms with van der Waals surface area (Å²) in [6.07, 6.45) is -0.579. The molecule has 1 heterocycles. The molecule has 178 valence electrons. The molecule has 0 aliphatic carbocycles. The number of carboxylic acid groups (broad SMARTS) is 1. The first-order valence-corrected chi connectivity index (χ1v) is 12.0. The molecule has 0 saturated heterocycles. The topological polar surface area (TPSA) is 88.5 Å². The van der Waals surface area contributed by atoms with Crippen LogP contribution in [0, 0.1) is 13.8 Å². The van der Waals surface area contributed by atoms with Crippen LogP contribution in [-0.2, 0) is 22.6 Å². The third kappa shape index (κ3) is 5.88. The normalized spacial score (nSPS) is 10.7. The minimum absolute atomic E-state index is 0.00137. The lowest BCUT2D eigenvalue weighted by molar-refractivity contribution is -0.136. The summed E-state index contributed by atoms with van der Waals surface area (Å²) < 4.78 is 9.77. The second-order valence-corrected chi connectivity index (χ2v) is 9.24. The van der Waals surface area contributed by atoms with Crippen LogP contribution in [0.5, 0.6) is 0 Å². The predicted octanol–water partition coefficient (Wildman–Crippen LogP) is 7.12. The number of rotatable bonds is 7. The fourth-order valence-electron chi connectivity index (χ4n) is 3.75.